The Morgan fingerprint density at radius 1 is 0.625 bits per heavy atom. The second-order valence-electron chi connectivity index (χ2n) is 10.2. The van der Waals surface area contributed by atoms with Gasteiger partial charge >= 0.3 is 191 Å². The molecule has 6 aliphatic rings. The molecule has 0 aromatic heterocycles. The van der Waals surface area contributed by atoms with Crippen LogP contribution in [0.2, 0.25) is 16.7 Å². The summed E-state index contributed by atoms with van der Waals surface area (Å²) in [5.41, 5.74) is -0.247. The molecule has 0 saturated heterocycles. The van der Waals surface area contributed by atoms with Gasteiger partial charge in [-0.3, -0.25) is 0 Å². The van der Waals surface area contributed by atoms with Gasteiger partial charge in [-0.2, -0.15) is 0 Å². The van der Waals surface area contributed by atoms with Gasteiger partial charge in [0, 0.05) is 0 Å². The van der Waals surface area contributed by atoms with Crippen LogP contribution in [0.5, 0.6) is 0 Å². The molecule has 0 aromatic carbocycles. The van der Waals surface area contributed by atoms with E-state index in [0.717, 1.165) is 39.1 Å². The van der Waals surface area contributed by atoms with Gasteiger partial charge in [-0.05, 0) is 0 Å². The summed E-state index contributed by atoms with van der Waals surface area (Å²) in [6.45, 7) is 5.32. The number of hydrogen-bond donors (Lipinski definition) is 0. The minimum absolute atomic E-state index is 0. The Balaban J connectivity index is 0.00000122. The van der Waals surface area contributed by atoms with Gasteiger partial charge in [-0.1, -0.05) is 0 Å². The van der Waals surface area contributed by atoms with Crippen molar-refractivity contribution in [2.45, 2.75) is 23.1 Å². The molecule has 9 unspecified atom stereocenters. The summed E-state index contributed by atoms with van der Waals surface area (Å²) in [4.78, 5) is 0. The summed E-state index contributed by atoms with van der Waals surface area (Å²) in [5, 5.41) is 0. The third kappa shape index (κ3) is 3.82. The van der Waals surface area contributed by atoms with E-state index in [-0.39, 0.29) is 30.2 Å². The first-order valence-corrected chi connectivity index (χ1v) is 20.7. The van der Waals surface area contributed by atoms with Crippen molar-refractivity contribution in [3.8, 4) is 0 Å². The summed E-state index contributed by atoms with van der Waals surface area (Å²) < 4.78 is 2.90. The number of fused-ring (bicyclic) bond motifs is 8. The molecule has 32 heavy (non-hydrogen) atoms. The Hall–Kier alpha value is -0.400. The number of halogens is 2. The molecule has 0 bridgehead atoms. The molecule has 2 fully saturated rings. The van der Waals surface area contributed by atoms with Gasteiger partial charge in [0.05, 0.1) is 0 Å². The van der Waals surface area contributed by atoms with Crippen molar-refractivity contribution in [1.29, 1.82) is 0 Å². The average molecular weight is 559 g/mol. The van der Waals surface area contributed by atoms with Gasteiger partial charge < -0.3 is 24.8 Å². The van der Waals surface area contributed by atoms with E-state index < -0.39 is 20.4 Å². The van der Waals surface area contributed by atoms with Gasteiger partial charge in [0.1, 0.15) is 0 Å². The van der Waals surface area contributed by atoms with Gasteiger partial charge in [-0.15, -0.1) is 0 Å². The predicted octanol–water partition coefficient (Wildman–Crippen LogP) is 0.831. The van der Waals surface area contributed by atoms with E-state index in [1.807, 2.05) is 3.28 Å². The van der Waals surface area contributed by atoms with E-state index in [9.17, 15) is 0 Å². The van der Waals surface area contributed by atoms with E-state index in [0.29, 0.717) is 11.8 Å². The fourth-order valence-electron chi connectivity index (χ4n) is 7.87. The van der Waals surface area contributed by atoms with Crippen molar-refractivity contribution in [2.75, 3.05) is 0 Å². The number of hydrogen-bond acceptors (Lipinski definition) is 0. The van der Waals surface area contributed by atoms with Crippen molar-refractivity contribution in [3.63, 3.8) is 0 Å². The Labute approximate surface area is 214 Å². The van der Waals surface area contributed by atoms with E-state index in [4.69, 9.17) is 0 Å². The van der Waals surface area contributed by atoms with Crippen LogP contribution in [0.15, 0.2) is 94.4 Å². The zero-order valence-corrected chi connectivity index (χ0v) is 23.8. The predicted molar refractivity (Wildman–Crippen MR) is 126 cm³/mol. The van der Waals surface area contributed by atoms with E-state index in [1.165, 1.54) is 6.42 Å². The SMILES string of the molecule is C[Si](C)=[Zr+2]([C]1=CC=CC1)[CH]1C2C=CC=CC2C2C3C=CC=CC3C3C=CC=CC3C21.[Cl-].[Cl-]. The van der Waals surface area contributed by atoms with Gasteiger partial charge in [-0.25, -0.2) is 0 Å². The molecule has 166 valence electrons. The minimum atomic E-state index is -1.74. The molecule has 0 amide bonds. The van der Waals surface area contributed by atoms with Crippen LogP contribution in [0.3, 0.4) is 0 Å². The molecule has 0 aromatic rings. The molecular formula is C28H32Cl2SiZr. The van der Waals surface area contributed by atoms with Gasteiger partial charge in [0.25, 0.3) is 0 Å². The fraction of sp³-hybridized carbons (Fsp3) is 0.429. The Morgan fingerprint density at radius 3 is 1.59 bits per heavy atom. The quantitative estimate of drug-likeness (QED) is 0.441. The van der Waals surface area contributed by atoms with Crippen LogP contribution in [-0.4, -0.2) is 5.43 Å². The first-order valence-electron chi connectivity index (χ1n) is 11.8. The normalized spacial score (nSPS) is 40.8. The minimum Gasteiger partial charge on any atom is -1.00 e. The first kappa shape index (κ1) is 24.7. The van der Waals surface area contributed by atoms with Crippen LogP contribution in [0.25, 0.3) is 0 Å². The topological polar surface area (TPSA) is 0 Å². The second kappa shape index (κ2) is 10.1. The zero-order valence-electron chi connectivity index (χ0n) is 18.8. The molecule has 0 spiro atoms. The molecule has 9 atom stereocenters. The molecule has 0 radical (unpaired) electrons. The van der Waals surface area contributed by atoms with Crippen molar-refractivity contribution in [1.82, 2.24) is 0 Å². The molecule has 6 aliphatic carbocycles. The summed E-state index contributed by atoms with van der Waals surface area (Å²) in [6.07, 6.45) is 38.3. The molecule has 6 rings (SSSR count). The average Bonchev–Trinajstić information content (AvgIpc) is 3.42. The molecule has 4 heteroatoms. The van der Waals surface area contributed by atoms with Crippen LogP contribution in [0.4, 0.5) is 0 Å². The molecular weight excluding hydrogens is 527 g/mol. The van der Waals surface area contributed by atoms with Gasteiger partial charge in [0.15, 0.2) is 0 Å². The zero-order chi connectivity index (χ0) is 20.2. The number of rotatable bonds is 2. The van der Waals surface area contributed by atoms with Crippen LogP contribution in [0.1, 0.15) is 6.42 Å². The Bertz CT molecular complexity index is 1020. The van der Waals surface area contributed by atoms with Crippen molar-refractivity contribution in [3.05, 3.63) is 94.4 Å². The van der Waals surface area contributed by atoms with Crippen LogP contribution >= 0.6 is 0 Å². The fourth-order valence-corrected chi connectivity index (χ4v) is 28.6. The van der Waals surface area contributed by atoms with Crippen LogP contribution in [0, 0.1) is 47.3 Å². The van der Waals surface area contributed by atoms with E-state index in [1.54, 1.807) is 0 Å². The third-order valence-corrected chi connectivity index (χ3v) is 27.7. The molecule has 0 aliphatic heterocycles. The summed E-state index contributed by atoms with van der Waals surface area (Å²) in [6, 6.07) is 0. The second-order valence-corrected chi connectivity index (χ2v) is 28.0. The summed E-state index contributed by atoms with van der Waals surface area (Å²) >= 11 is -1.74. The van der Waals surface area contributed by atoms with Crippen molar-refractivity contribution in [2.24, 2.45) is 47.3 Å². The van der Waals surface area contributed by atoms with E-state index >= 15 is 0 Å². The van der Waals surface area contributed by atoms with Gasteiger partial charge in [0.2, 0.25) is 0 Å². The molecule has 0 N–H and O–H groups in total. The maximum Gasteiger partial charge on any atom is -1.00 e. The summed E-state index contributed by atoms with van der Waals surface area (Å²) in [7, 11) is 0. The Kier molecular flexibility index (Phi) is 7.78. The summed E-state index contributed by atoms with van der Waals surface area (Å²) in [5.74, 6) is 6.07. The standard InChI is InChI=1S/C21H21.C5H5.C2H6Si.2ClH.Zr/c1-2-8-15-14(7-1)13-20-18-11-4-3-9-16(18)17-10-5-6-12-19(17)21(15)20;1-2-4-5-3-1;1-3-2;;;/h1-21H;1-3H,4H2;1-2H3;2*1H;/q;;;;;+2/p-2. The first-order chi connectivity index (χ1) is 14.8. The third-order valence-electron chi connectivity index (χ3n) is 8.71. The smallest absolute Gasteiger partial charge is 1.00 e. The van der Waals surface area contributed by atoms with E-state index in [2.05, 4.69) is 104 Å². The number of allylic oxidation sites excluding steroid dienone is 16. The largest absolute Gasteiger partial charge is 1.00 e. The maximum absolute atomic E-state index is 2.66. The molecule has 2 saturated carbocycles. The maximum atomic E-state index is 2.66. The molecule has 0 heterocycles. The van der Waals surface area contributed by atoms with Crippen molar-refractivity contribution < 1.29 is 45.2 Å². The monoisotopic (exact) mass is 556 g/mol. The Morgan fingerprint density at radius 2 is 1.09 bits per heavy atom. The van der Waals surface area contributed by atoms with Crippen LogP contribution in [-0.2, 0) is 20.4 Å². The van der Waals surface area contributed by atoms with Crippen LogP contribution < -0.4 is 24.8 Å². The molecule has 0 nitrogen and oxygen atoms in total. The van der Waals surface area contributed by atoms with Crippen molar-refractivity contribution >= 4 is 5.43 Å².